The minimum Gasteiger partial charge on any atom is -0.511 e. The number of carbonyl (C=O) groups is 3. The number of hydrogen-bond donors (Lipinski definition) is 8. The van der Waals surface area contributed by atoms with Gasteiger partial charge in [0.15, 0.2) is 12.1 Å². The van der Waals surface area contributed by atoms with E-state index in [2.05, 4.69) is 5.32 Å². The third-order valence-corrected chi connectivity index (χ3v) is 10.3. The van der Waals surface area contributed by atoms with Crippen LogP contribution in [0.25, 0.3) is 0 Å². The summed E-state index contributed by atoms with van der Waals surface area (Å²) in [6.45, 7) is 1.20. The van der Waals surface area contributed by atoms with Crippen molar-refractivity contribution in [1.82, 2.24) is 5.32 Å². The molecule has 8 atom stereocenters. The first-order valence-corrected chi connectivity index (χ1v) is 19.6. The summed E-state index contributed by atoms with van der Waals surface area (Å²) in [5.74, 6) is -0.934. The number of ketones is 2. The Bertz CT molecular complexity index is 1280. The number of hydrogen-bond acceptors (Lipinski definition) is 12. The summed E-state index contributed by atoms with van der Waals surface area (Å²) in [4.78, 5) is 37.7. The molecule has 1 aromatic carbocycles. The second-order valence-corrected chi connectivity index (χ2v) is 14.8. The number of allylic oxidation sites excluding steroid dienone is 1. The molecule has 8 N–H and O–H groups in total. The molecule has 2 fully saturated rings. The van der Waals surface area contributed by atoms with Gasteiger partial charge in [-0.3, -0.25) is 14.4 Å². The number of rotatable bonds is 26. The molecule has 1 aromatic rings. The Morgan fingerprint density at radius 3 is 1.94 bits per heavy atom. The lowest BCUT2D eigenvalue weighted by Crippen LogP contribution is -2.59. The molecule has 53 heavy (non-hydrogen) atoms. The number of unbranched alkanes of at least 4 members (excludes halogenated alkanes) is 11. The average molecular weight is 750 g/mol. The Morgan fingerprint density at radius 2 is 1.36 bits per heavy atom. The van der Waals surface area contributed by atoms with Gasteiger partial charge in [0.2, 0.25) is 0 Å². The first-order valence-electron chi connectivity index (χ1n) is 19.6. The van der Waals surface area contributed by atoms with Gasteiger partial charge in [0, 0.05) is 25.2 Å². The summed E-state index contributed by atoms with van der Waals surface area (Å²) in [6, 6.07) is 5.73. The van der Waals surface area contributed by atoms with Gasteiger partial charge >= 0.3 is 0 Å². The van der Waals surface area contributed by atoms with Crippen LogP contribution in [0.15, 0.2) is 35.6 Å². The van der Waals surface area contributed by atoms with Gasteiger partial charge in [-0.15, -0.1) is 0 Å². The minimum absolute atomic E-state index is 0.0957. The van der Waals surface area contributed by atoms with Crippen molar-refractivity contribution >= 4 is 17.5 Å². The highest BCUT2D eigenvalue weighted by Gasteiger charge is 2.44. The molecule has 13 nitrogen and oxygen atoms in total. The molecule has 0 aliphatic carbocycles. The smallest absolute Gasteiger partial charge is 0.259 e. The van der Waals surface area contributed by atoms with E-state index >= 15 is 0 Å². The fraction of sp³-hybridized carbons (Fsp3) is 0.725. The van der Waals surface area contributed by atoms with Gasteiger partial charge in [-0.2, -0.15) is 0 Å². The lowest BCUT2D eigenvalue weighted by atomic mass is 9.94. The molecule has 0 saturated carbocycles. The van der Waals surface area contributed by atoms with Crippen molar-refractivity contribution in [2.75, 3.05) is 13.2 Å². The Balaban J connectivity index is 1.12. The highest BCUT2D eigenvalue weighted by atomic mass is 16.7. The molecule has 2 aliphatic heterocycles. The number of carbonyl (C=O) groups excluding carboxylic acids is 3. The highest BCUT2D eigenvalue weighted by Crippen LogP contribution is 2.26. The van der Waals surface area contributed by atoms with Gasteiger partial charge in [-0.05, 0) is 43.4 Å². The molecule has 3 rings (SSSR count). The zero-order valence-corrected chi connectivity index (χ0v) is 31.2. The lowest BCUT2D eigenvalue weighted by molar-refractivity contribution is -0.304. The first-order chi connectivity index (χ1) is 25.4. The van der Waals surface area contributed by atoms with Gasteiger partial charge in [0.1, 0.15) is 47.3 Å². The van der Waals surface area contributed by atoms with E-state index in [-0.39, 0.29) is 29.6 Å². The molecule has 300 valence electrons. The third kappa shape index (κ3) is 15.0. The summed E-state index contributed by atoms with van der Waals surface area (Å²) in [7, 11) is 0. The summed E-state index contributed by atoms with van der Waals surface area (Å²) < 4.78 is 10.7. The van der Waals surface area contributed by atoms with E-state index in [1.165, 1.54) is 12.1 Å². The Labute approximate surface area is 313 Å². The maximum absolute atomic E-state index is 12.9. The molecule has 2 saturated heterocycles. The van der Waals surface area contributed by atoms with Gasteiger partial charge in [0.05, 0.1) is 25.4 Å². The number of phenolic OH excluding ortho intramolecular Hbond substituents is 1. The number of ether oxygens (including phenoxy) is 2. The number of Topliss-reactive ketones (excluding diaryl/α,β-unsaturated/α-hetero) is 2. The van der Waals surface area contributed by atoms with Crippen LogP contribution in [0.2, 0.25) is 0 Å². The van der Waals surface area contributed by atoms with E-state index in [1.807, 2.05) is 6.92 Å². The van der Waals surface area contributed by atoms with Crippen LogP contribution >= 0.6 is 0 Å². The van der Waals surface area contributed by atoms with Crippen LogP contribution in [-0.4, -0.2) is 109 Å². The summed E-state index contributed by atoms with van der Waals surface area (Å²) in [6.07, 6.45) is 7.90. The molecule has 0 aromatic heterocycles. The molecular formula is C40H63NO12. The lowest BCUT2D eigenvalue weighted by Gasteiger charge is -2.39. The molecule has 13 heteroatoms. The summed E-state index contributed by atoms with van der Waals surface area (Å²) in [5.41, 5.74) is 0.663. The van der Waals surface area contributed by atoms with Crippen molar-refractivity contribution in [3.05, 3.63) is 41.2 Å². The minimum atomic E-state index is -1.51. The molecule has 0 bridgehead atoms. The van der Waals surface area contributed by atoms with Crippen LogP contribution in [0, 0.1) is 5.92 Å². The fourth-order valence-electron chi connectivity index (χ4n) is 6.90. The number of benzene rings is 1. The molecule has 0 radical (unpaired) electrons. The Morgan fingerprint density at radius 1 is 0.811 bits per heavy atom. The van der Waals surface area contributed by atoms with Crippen molar-refractivity contribution in [2.24, 2.45) is 5.92 Å². The number of nitrogens with one attached hydrogen (secondary N) is 1. The zero-order chi connectivity index (χ0) is 38.8. The van der Waals surface area contributed by atoms with Crippen LogP contribution in [0.3, 0.4) is 0 Å². The Hall–Kier alpha value is -2.91. The number of amides is 1. The maximum Gasteiger partial charge on any atom is 0.259 e. The van der Waals surface area contributed by atoms with E-state index in [1.54, 1.807) is 12.1 Å². The van der Waals surface area contributed by atoms with Crippen molar-refractivity contribution < 1.29 is 59.6 Å². The number of aromatic hydroxyl groups is 1. The van der Waals surface area contributed by atoms with E-state index in [0.717, 1.165) is 89.0 Å². The molecule has 1 amide bonds. The molecular weight excluding hydrogens is 686 g/mol. The first kappa shape index (κ1) is 44.5. The normalized spacial score (nSPS) is 25.3. The molecule has 2 heterocycles. The van der Waals surface area contributed by atoms with Crippen molar-refractivity contribution in [3.63, 3.8) is 0 Å². The van der Waals surface area contributed by atoms with Gasteiger partial charge in [0.25, 0.3) is 5.91 Å². The van der Waals surface area contributed by atoms with Gasteiger partial charge < -0.3 is 50.5 Å². The quantitative estimate of drug-likeness (QED) is 0.0293. The van der Waals surface area contributed by atoms with E-state index in [4.69, 9.17) is 9.47 Å². The maximum atomic E-state index is 12.9. The van der Waals surface area contributed by atoms with Crippen LogP contribution in [-0.2, 0) is 30.3 Å². The van der Waals surface area contributed by atoms with Gasteiger partial charge in [-0.25, -0.2) is 0 Å². The van der Waals surface area contributed by atoms with Crippen molar-refractivity contribution in [1.29, 1.82) is 0 Å². The predicted octanol–water partition coefficient (Wildman–Crippen LogP) is 3.83. The topological polar surface area (TPSA) is 223 Å². The van der Waals surface area contributed by atoms with Crippen molar-refractivity contribution in [2.45, 2.75) is 165 Å². The van der Waals surface area contributed by atoms with Crippen LogP contribution < -0.4 is 5.32 Å². The summed E-state index contributed by atoms with van der Waals surface area (Å²) in [5, 5.41) is 72.0. The number of aliphatic hydroxyl groups is 6. The summed E-state index contributed by atoms with van der Waals surface area (Å²) >= 11 is 0. The van der Waals surface area contributed by atoms with Crippen LogP contribution in [0.4, 0.5) is 0 Å². The predicted molar refractivity (Wildman–Crippen MR) is 197 cm³/mol. The zero-order valence-electron chi connectivity index (χ0n) is 31.2. The number of phenols is 1. The standard InChI is InChI=1S/C40H63NO12/c1-26(34(46)33-35(47)31(41-39(33)51)23-27-19-21-29(44)22-20-27)15-11-7-5-6-9-13-17-28(43)16-12-8-3-2-4-10-14-18-30(45)25-52-40-38(50)37(49)36(48)32(24-42)53-40/h19-22,26,30-32,36-38,40,42,44-46,48-50H,2-18,23-25H2,1H3,(H,41,51). The van der Waals surface area contributed by atoms with Gasteiger partial charge in [-0.1, -0.05) is 89.7 Å². The monoisotopic (exact) mass is 749 g/mol. The van der Waals surface area contributed by atoms with Crippen LogP contribution in [0.1, 0.15) is 122 Å². The third-order valence-electron chi connectivity index (χ3n) is 10.3. The van der Waals surface area contributed by atoms with E-state index in [9.17, 15) is 50.1 Å². The van der Waals surface area contributed by atoms with E-state index < -0.39 is 61.1 Å². The molecule has 8 unspecified atom stereocenters. The second-order valence-electron chi connectivity index (χ2n) is 14.8. The largest absolute Gasteiger partial charge is 0.511 e. The van der Waals surface area contributed by atoms with Crippen LogP contribution in [0.5, 0.6) is 5.75 Å². The van der Waals surface area contributed by atoms with Crippen molar-refractivity contribution in [3.8, 4) is 5.75 Å². The molecule has 2 aliphatic rings. The molecule has 0 spiro atoms. The Kier molecular flexibility index (Phi) is 20.0. The van der Waals surface area contributed by atoms with E-state index in [0.29, 0.717) is 37.9 Å². The number of aliphatic hydroxyl groups excluding tert-OH is 6. The second kappa shape index (κ2) is 23.8. The highest BCUT2D eigenvalue weighted by molar-refractivity contribution is 6.27. The average Bonchev–Trinajstić information content (AvgIpc) is 3.42. The fourth-order valence-corrected chi connectivity index (χ4v) is 6.90. The SMILES string of the molecule is CC(CCCCCCCCC(=O)CCCCCCCCCC(O)COC1OC(CO)C(O)C(O)C1O)C(O)=C1C(=O)NC(Cc2ccc(O)cc2)C1=O.